The summed E-state index contributed by atoms with van der Waals surface area (Å²) < 4.78 is 0. The Morgan fingerprint density at radius 3 is 2.68 bits per heavy atom. The maximum Gasteiger partial charge on any atom is 0.225 e. The molecule has 3 rings (SSSR count). The van der Waals surface area contributed by atoms with E-state index in [9.17, 15) is 4.79 Å². The molecule has 1 amide bonds. The molecular formula is C19H23ClN4O. The maximum absolute atomic E-state index is 12.4. The van der Waals surface area contributed by atoms with Gasteiger partial charge in [0, 0.05) is 43.8 Å². The summed E-state index contributed by atoms with van der Waals surface area (Å²) in [4.78, 5) is 25.5. The van der Waals surface area contributed by atoms with Gasteiger partial charge in [0.15, 0.2) is 0 Å². The van der Waals surface area contributed by atoms with E-state index in [1.54, 1.807) is 0 Å². The van der Waals surface area contributed by atoms with E-state index in [1.807, 2.05) is 61.3 Å². The Bertz CT molecular complexity index is 761. The molecule has 1 atom stereocenters. The summed E-state index contributed by atoms with van der Waals surface area (Å²) in [5.41, 5.74) is 2.89. The SMILES string of the molecule is CCC(=O)N1CCC[C@@H]1c1nc(N(C)C)ncc1-c1ccc(Cl)cc1. The van der Waals surface area contributed by atoms with Crippen molar-refractivity contribution in [2.24, 2.45) is 0 Å². The molecule has 0 radical (unpaired) electrons. The maximum atomic E-state index is 12.4. The van der Waals surface area contributed by atoms with Gasteiger partial charge in [0.2, 0.25) is 11.9 Å². The summed E-state index contributed by atoms with van der Waals surface area (Å²) in [6, 6.07) is 7.68. The molecule has 2 heterocycles. The number of hydrogen-bond donors (Lipinski definition) is 0. The minimum atomic E-state index is -0.000159. The highest BCUT2D eigenvalue weighted by Gasteiger charge is 2.32. The van der Waals surface area contributed by atoms with Crippen molar-refractivity contribution < 1.29 is 4.79 Å². The highest BCUT2D eigenvalue weighted by atomic mass is 35.5. The Balaban J connectivity index is 2.10. The number of anilines is 1. The summed E-state index contributed by atoms with van der Waals surface area (Å²) in [5, 5.41) is 0.694. The van der Waals surface area contributed by atoms with Gasteiger partial charge in [-0.3, -0.25) is 4.79 Å². The molecule has 0 saturated carbocycles. The van der Waals surface area contributed by atoms with Crippen LogP contribution in [0.4, 0.5) is 5.95 Å². The second-order valence-corrected chi connectivity index (χ2v) is 6.91. The lowest BCUT2D eigenvalue weighted by Gasteiger charge is -2.26. The first-order valence-electron chi connectivity index (χ1n) is 8.61. The van der Waals surface area contributed by atoms with Crippen LogP contribution in [0.5, 0.6) is 0 Å². The summed E-state index contributed by atoms with van der Waals surface area (Å²) in [6.45, 7) is 2.70. The van der Waals surface area contributed by atoms with Crippen molar-refractivity contribution in [3.63, 3.8) is 0 Å². The van der Waals surface area contributed by atoms with E-state index in [0.717, 1.165) is 36.2 Å². The number of nitrogens with zero attached hydrogens (tertiary/aromatic N) is 4. The van der Waals surface area contributed by atoms with Gasteiger partial charge in [-0.05, 0) is 30.5 Å². The fourth-order valence-corrected chi connectivity index (χ4v) is 3.39. The third-order valence-electron chi connectivity index (χ3n) is 4.55. The molecular weight excluding hydrogens is 336 g/mol. The lowest BCUT2D eigenvalue weighted by Crippen LogP contribution is -2.31. The molecule has 1 aromatic carbocycles. The largest absolute Gasteiger partial charge is 0.347 e. The number of benzene rings is 1. The lowest BCUT2D eigenvalue weighted by atomic mass is 10.00. The fourth-order valence-electron chi connectivity index (χ4n) is 3.26. The number of amides is 1. The number of likely N-dealkylation sites (tertiary alicyclic amines) is 1. The Hall–Kier alpha value is -2.14. The molecule has 1 aromatic heterocycles. The molecule has 5 nitrogen and oxygen atoms in total. The molecule has 0 unspecified atom stereocenters. The van der Waals surface area contributed by atoms with Gasteiger partial charge < -0.3 is 9.80 Å². The van der Waals surface area contributed by atoms with Gasteiger partial charge in [-0.2, -0.15) is 0 Å². The van der Waals surface area contributed by atoms with Crippen LogP contribution in [-0.2, 0) is 4.79 Å². The highest BCUT2D eigenvalue weighted by molar-refractivity contribution is 6.30. The first-order chi connectivity index (χ1) is 12.0. The molecule has 6 heteroatoms. The van der Waals surface area contributed by atoms with E-state index >= 15 is 0 Å². The predicted octanol–water partition coefficient (Wildman–Crippen LogP) is 3.94. The second kappa shape index (κ2) is 7.40. The van der Waals surface area contributed by atoms with E-state index < -0.39 is 0 Å². The van der Waals surface area contributed by atoms with Gasteiger partial charge in [0.1, 0.15) is 0 Å². The summed E-state index contributed by atoms with van der Waals surface area (Å²) in [5.74, 6) is 0.832. The average Bonchev–Trinajstić information content (AvgIpc) is 3.11. The van der Waals surface area contributed by atoms with Crippen molar-refractivity contribution in [2.45, 2.75) is 32.2 Å². The van der Waals surface area contributed by atoms with E-state index in [0.29, 0.717) is 17.4 Å². The number of carbonyl (C=O) groups is 1. The van der Waals surface area contributed by atoms with Gasteiger partial charge in [0.05, 0.1) is 11.7 Å². The Labute approximate surface area is 153 Å². The first kappa shape index (κ1) is 17.7. The third kappa shape index (κ3) is 3.61. The van der Waals surface area contributed by atoms with Gasteiger partial charge in [-0.1, -0.05) is 30.7 Å². The van der Waals surface area contributed by atoms with Crippen molar-refractivity contribution in [2.75, 3.05) is 25.5 Å². The van der Waals surface area contributed by atoms with Gasteiger partial charge >= 0.3 is 0 Å². The van der Waals surface area contributed by atoms with Crippen molar-refractivity contribution in [3.05, 3.63) is 41.2 Å². The topological polar surface area (TPSA) is 49.3 Å². The minimum absolute atomic E-state index is 0.000159. The highest BCUT2D eigenvalue weighted by Crippen LogP contribution is 2.37. The molecule has 25 heavy (non-hydrogen) atoms. The van der Waals surface area contributed by atoms with Crippen molar-refractivity contribution >= 4 is 23.5 Å². The van der Waals surface area contributed by atoms with Crippen LogP contribution in [0.1, 0.15) is 37.9 Å². The normalized spacial score (nSPS) is 17.0. The molecule has 0 spiro atoms. The monoisotopic (exact) mass is 358 g/mol. The van der Waals surface area contributed by atoms with Crippen LogP contribution in [0.25, 0.3) is 11.1 Å². The fraction of sp³-hybridized carbons (Fsp3) is 0.421. The molecule has 1 fully saturated rings. The van der Waals surface area contributed by atoms with Gasteiger partial charge in [-0.15, -0.1) is 0 Å². The summed E-state index contributed by atoms with van der Waals surface area (Å²) >= 11 is 6.03. The van der Waals surface area contributed by atoms with E-state index in [4.69, 9.17) is 16.6 Å². The average molecular weight is 359 g/mol. The van der Waals surface area contributed by atoms with Crippen molar-refractivity contribution in [1.29, 1.82) is 0 Å². The van der Waals surface area contributed by atoms with Crippen LogP contribution in [0.2, 0.25) is 5.02 Å². The standard InChI is InChI=1S/C19H23ClN4O/c1-4-17(25)24-11-5-6-16(24)18-15(12-21-19(22-18)23(2)3)13-7-9-14(20)10-8-13/h7-10,12,16H,4-6,11H2,1-3H3/t16-/m1/s1. The quantitative estimate of drug-likeness (QED) is 0.830. The van der Waals surface area contributed by atoms with Crippen LogP contribution in [-0.4, -0.2) is 41.4 Å². The van der Waals surface area contributed by atoms with E-state index in [-0.39, 0.29) is 11.9 Å². The second-order valence-electron chi connectivity index (χ2n) is 6.47. The Kier molecular flexibility index (Phi) is 5.23. The van der Waals surface area contributed by atoms with Crippen LogP contribution in [0.3, 0.4) is 0 Å². The van der Waals surface area contributed by atoms with Crippen LogP contribution >= 0.6 is 11.6 Å². The zero-order valence-electron chi connectivity index (χ0n) is 14.9. The molecule has 0 N–H and O–H groups in total. The third-order valence-corrected chi connectivity index (χ3v) is 4.80. The van der Waals surface area contributed by atoms with Crippen LogP contribution < -0.4 is 4.90 Å². The number of hydrogen-bond acceptors (Lipinski definition) is 4. The van der Waals surface area contributed by atoms with E-state index in [2.05, 4.69) is 4.98 Å². The molecule has 1 aliphatic rings. The number of carbonyl (C=O) groups excluding carboxylic acids is 1. The Morgan fingerprint density at radius 1 is 1.32 bits per heavy atom. The molecule has 1 aliphatic heterocycles. The molecule has 1 saturated heterocycles. The van der Waals surface area contributed by atoms with Crippen molar-refractivity contribution in [1.82, 2.24) is 14.9 Å². The number of aromatic nitrogens is 2. The number of halogens is 1. The molecule has 132 valence electrons. The van der Waals surface area contributed by atoms with Crippen LogP contribution in [0, 0.1) is 0 Å². The molecule has 0 aliphatic carbocycles. The molecule has 2 aromatic rings. The summed E-state index contributed by atoms with van der Waals surface area (Å²) in [7, 11) is 3.84. The predicted molar refractivity (Wildman–Crippen MR) is 101 cm³/mol. The van der Waals surface area contributed by atoms with Gasteiger partial charge in [-0.25, -0.2) is 9.97 Å². The van der Waals surface area contributed by atoms with Crippen molar-refractivity contribution in [3.8, 4) is 11.1 Å². The summed E-state index contributed by atoms with van der Waals surface area (Å²) in [6.07, 6.45) is 4.29. The van der Waals surface area contributed by atoms with E-state index in [1.165, 1.54) is 0 Å². The zero-order valence-corrected chi connectivity index (χ0v) is 15.6. The van der Waals surface area contributed by atoms with Crippen LogP contribution in [0.15, 0.2) is 30.5 Å². The first-order valence-corrected chi connectivity index (χ1v) is 8.98. The smallest absolute Gasteiger partial charge is 0.225 e. The lowest BCUT2D eigenvalue weighted by molar-refractivity contribution is -0.131. The Morgan fingerprint density at radius 2 is 2.04 bits per heavy atom. The molecule has 0 bridgehead atoms. The zero-order chi connectivity index (χ0) is 18.0. The minimum Gasteiger partial charge on any atom is -0.347 e. The van der Waals surface area contributed by atoms with Gasteiger partial charge in [0.25, 0.3) is 0 Å². The number of rotatable bonds is 4.